The lowest BCUT2D eigenvalue weighted by molar-refractivity contribution is 0.534. The number of halogens is 3. The first-order valence-corrected chi connectivity index (χ1v) is 12.7. The summed E-state index contributed by atoms with van der Waals surface area (Å²) in [6.07, 6.45) is 2.22. The Morgan fingerprint density at radius 1 is 1.03 bits per heavy atom. The number of fused-ring (bicyclic) bond motifs is 1. The van der Waals surface area contributed by atoms with Crippen LogP contribution in [-0.2, 0) is 10.0 Å². The molecule has 0 amide bonds. The van der Waals surface area contributed by atoms with Crippen molar-refractivity contribution in [2.75, 3.05) is 29.4 Å². The van der Waals surface area contributed by atoms with Gasteiger partial charge in [0, 0.05) is 31.7 Å². The van der Waals surface area contributed by atoms with E-state index in [9.17, 15) is 17.2 Å². The molecular formula is C23H21ClF2N6O2S. The molecule has 3 heterocycles. The Balaban J connectivity index is 1.57. The molecule has 0 bridgehead atoms. The zero-order valence-electron chi connectivity index (χ0n) is 18.9. The van der Waals surface area contributed by atoms with Gasteiger partial charge in [0.1, 0.15) is 5.82 Å². The average Bonchev–Trinajstić information content (AvgIpc) is 3.20. The zero-order chi connectivity index (χ0) is 24.9. The first kappa shape index (κ1) is 23.4. The highest BCUT2D eigenvalue weighted by atomic mass is 35.5. The van der Waals surface area contributed by atoms with Crippen LogP contribution in [0.3, 0.4) is 0 Å². The van der Waals surface area contributed by atoms with Crippen LogP contribution in [-0.4, -0.2) is 53.2 Å². The minimum absolute atomic E-state index is 0.0331. The van der Waals surface area contributed by atoms with E-state index in [2.05, 4.69) is 15.1 Å². The minimum Gasteiger partial charge on any atom is -0.348 e. The van der Waals surface area contributed by atoms with E-state index in [0.717, 1.165) is 34.2 Å². The van der Waals surface area contributed by atoms with E-state index in [1.165, 1.54) is 12.1 Å². The van der Waals surface area contributed by atoms with Crippen molar-refractivity contribution in [3.05, 3.63) is 71.0 Å². The van der Waals surface area contributed by atoms with E-state index in [4.69, 9.17) is 11.6 Å². The van der Waals surface area contributed by atoms with E-state index in [0.29, 0.717) is 36.8 Å². The molecule has 0 spiro atoms. The van der Waals surface area contributed by atoms with Crippen molar-refractivity contribution in [3.8, 4) is 0 Å². The SMILES string of the molecule is Cc1ccc(S(=O)(=O)n2nc(N3CCN(c4ncc(F)cn4)C[C@@H]3C)c3c(Cl)cc(F)cc32)cc1. The molecule has 0 radical (unpaired) electrons. The van der Waals surface area contributed by atoms with Crippen LogP contribution in [0.25, 0.3) is 10.9 Å². The average molecular weight is 519 g/mol. The molecule has 182 valence electrons. The quantitative estimate of drug-likeness (QED) is 0.403. The molecule has 12 heteroatoms. The van der Waals surface area contributed by atoms with Gasteiger partial charge in [0.15, 0.2) is 11.6 Å². The fourth-order valence-electron chi connectivity index (χ4n) is 4.24. The molecule has 2 aromatic heterocycles. The summed E-state index contributed by atoms with van der Waals surface area (Å²) in [4.78, 5) is 12.0. The summed E-state index contributed by atoms with van der Waals surface area (Å²) in [7, 11) is -4.12. The smallest absolute Gasteiger partial charge is 0.283 e. The lowest BCUT2D eigenvalue weighted by Gasteiger charge is -2.40. The molecule has 5 rings (SSSR count). The van der Waals surface area contributed by atoms with Gasteiger partial charge in [-0.05, 0) is 32.0 Å². The Kier molecular flexibility index (Phi) is 5.84. The maximum Gasteiger partial charge on any atom is 0.283 e. The lowest BCUT2D eigenvalue weighted by atomic mass is 10.1. The molecule has 1 atom stereocenters. The number of piperazine rings is 1. The summed E-state index contributed by atoms with van der Waals surface area (Å²) in [6.45, 7) is 5.18. The Bertz CT molecular complexity index is 1510. The van der Waals surface area contributed by atoms with Gasteiger partial charge in [-0.2, -0.15) is 12.5 Å². The molecule has 0 unspecified atom stereocenters. The summed E-state index contributed by atoms with van der Waals surface area (Å²) >= 11 is 6.42. The molecule has 1 aliphatic heterocycles. The van der Waals surface area contributed by atoms with E-state index in [1.54, 1.807) is 12.1 Å². The zero-order valence-corrected chi connectivity index (χ0v) is 20.4. The Hall–Kier alpha value is -3.31. The van der Waals surface area contributed by atoms with Crippen LogP contribution in [0, 0.1) is 18.6 Å². The van der Waals surface area contributed by atoms with Crippen molar-refractivity contribution in [1.29, 1.82) is 0 Å². The van der Waals surface area contributed by atoms with Crippen molar-refractivity contribution >= 4 is 44.3 Å². The highest BCUT2D eigenvalue weighted by Crippen LogP contribution is 2.37. The summed E-state index contributed by atoms with van der Waals surface area (Å²) in [6, 6.07) is 8.46. The third kappa shape index (κ3) is 4.19. The largest absolute Gasteiger partial charge is 0.348 e. The molecule has 0 aliphatic carbocycles. The fraction of sp³-hybridized carbons (Fsp3) is 0.261. The number of aromatic nitrogens is 4. The monoisotopic (exact) mass is 518 g/mol. The van der Waals surface area contributed by atoms with E-state index in [1.807, 2.05) is 23.6 Å². The molecular weight excluding hydrogens is 498 g/mol. The first-order chi connectivity index (χ1) is 16.6. The standard InChI is InChI=1S/C23H21ClF2N6O2S/c1-14-3-5-18(6-4-14)35(33,34)32-20-10-16(25)9-19(24)21(20)22(29-32)31-8-7-30(13-15(31)2)23-27-11-17(26)12-28-23/h3-6,9-12,15H,7-8,13H2,1-2H3/t15-/m0/s1. The molecule has 1 aliphatic rings. The third-order valence-electron chi connectivity index (χ3n) is 5.99. The summed E-state index contributed by atoms with van der Waals surface area (Å²) in [5.74, 6) is -0.446. The second-order valence-corrected chi connectivity index (χ2v) is 10.6. The Labute approximate surface area is 205 Å². The maximum absolute atomic E-state index is 14.3. The van der Waals surface area contributed by atoms with Gasteiger partial charge >= 0.3 is 0 Å². The Morgan fingerprint density at radius 3 is 2.37 bits per heavy atom. The van der Waals surface area contributed by atoms with Gasteiger partial charge in [0.05, 0.1) is 33.2 Å². The molecule has 0 N–H and O–H groups in total. The summed E-state index contributed by atoms with van der Waals surface area (Å²) in [5.41, 5.74) is 0.961. The van der Waals surface area contributed by atoms with Gasteiger partial charge in [0.2, 0.25) is 5.95 Å². The van der Waals surface area contributed by atoms with Crippen LogP contribution < -0.4 is 9.80 Å². The fourth-order valence-corrected chi connectivity index (χ4v) is 5.79. The van der Waals surface area contributed by atoms with Gasteiger partial charge in [-0.25, -0.2) is 18.7 Å². The number of aryl methyl sites for hydroxylation is 1. The molecule has 8 nitrogen and oxygen atoms in total. The topological polar surface area (TPSA) is 84.2 Å². The van der Waals surface area contributed by atoms with Gasteiger partial charge in [-0.15, -0.1) is 5.10 Å². The number of anilines is 2. The number of benzene rings is 2. The highest BCUT2D eigenvalue weighted by Gasteiger charge is 2.32. The minimum atomic E-state index is -4.12. The Morgan fingerprint density at radius 2 is 1.71 bits per heavy atom. The van der Waals surface area contributed by atoms with Gasteiger partial charge in [-0.1, -0.05) is 29.3 Å². The predicted molar refractivity (Wildman–Crippen MR) is 129 cm³/mol. The summed E-state index contributed by atoms with van der Waals surface area (Å²) in [5, 5.41) is 4.87. The van der Waals surface area contributed by atoms with Crippen LogP contribution in [0.2, 0.25) is 5.02 Å². The van der Waals surface area contributed by atoms with Crippen molar-refractivity contribution in [2.45, 2.75) is 24.8 Å². The van der Waals surface area contributed by atoms with Crippen molar-refractivity contribution in [3.63, 3.8) is 0 Å². The van der Waals surface area contributed by atoms with Crippen LogP contribution in [0.5, 0.6) is 0 Å². The van der Waals surface area contributed by atoms with Gasteiger partial charge < -0.3 is 9.80 Å². The molecule has 2 aromatic carbocycles. The third-order valence-corrected chi connectivity index (χ3v) is 7.88. The normalized spacial score (nSPS) is 16.8. The van der Waals surface area contributed by atoms with E-state index >= 15 is 0 Å². The van der Waals surface area contributed by atoms with E-state index < -0.39 is 21.7 Å². The van der Waals surface area contributed by atoms with Crippen molar-refractivity contribution in [2.24, 2.45) is 0 Å². The number of rotatable bonds is 4. The maximum atomic E-state index is 14.3. The van der Waals surface area contributed by atoms with Crippen molar-refractivity contribution in [1.82, 2.24) is 19.2 Å². The van der Waals surface area contributed by atoms with E-state index in [-0.39, 0.29) is 21.5 Å². The lowest BCUT2D eigenvalue weighted by Crippen LogP contribution is -2.53. The van der Waals surface area contributed by atoms with Crippen LogP contribution in [0.15, 0.2) is 53.7 Å². The molecule has 0 saturated carbocycles. The number of nitrogens with zero attached hydrogens (tertiary/aromatic N) is 6. The highest BCUT2D eigenvalue weighted by molar-refractivity contribution is 7.90. The molecule has 1 saturated heterocycles. The van der Waals surface area contributed by atoms with Crippen LogP contribution in [0.1, 0.15) is 12.5 Å². The number of hydrogen-bond donors (Lipinski definition) is 0. The number of hydrogen-bond acceptors (Lipinski definition) is 7. The second kappa shape index (κ2) is 8.72. The van der Waals surface area contributed by atoms with Gasteiger partial charge in [-0.3, -0.25) is 0 Å². The second-order valence-electron chi connectivity index (χ2n) is 8.46. The van der Waals surface area contributed by atoms with Crippen LogP contribution >= 0.6 is 11.6 Å². The molecule has 35 heavy (non-hydrogen) atoms. The van der Waals surface area contributed by atoms with Crippen molar-refractivity contribution < 1.29 is 17.2 Å². The molecule has 4 aromatic rings. The van der Waals surface area contributed by atoms with Gasteiger partial charge in [0.25, 0.3) is 10.0 Å². The predicted octanol–water partition coefficient (Wildman–Crippen LogP) is 4.02. The molecule has 1 fully saturated rings. The first-order valence-electron chi connectivity index (χ1n) is 10.8. The van der Waals surface area contributed by atoms with Crippen LogP contribution in [0.4, 0.5) is 20.5 Å². The summed E-state index contributed by atoms with van der Waals surface area (Å²) < 4.78 is 55.4.